The fourth-order valence-corrected chi connectivity index (χ4v) is 5.71. The van der Waals surface area contributed by atoms with Gasteiger partial charge in [-0.3, -0.25) is 4.99 Å². The van der Waals surface area contributed by atoms with Crippen LogP contribution in [0.25, 0.3) is 0 Å². The molecule has 0 aliphatic carbocycles. The van der Waals surface area contributed by atoms with Crippen molar-refractivity contribution >= 4 is 22.8 Å². The van der Waals surface area contributed by atoms with Gasteiger partial charge in [-0.05, 0) is 104 Å². The highest BCUT2D eigenvalue weighted by Crippen LogP contribution is 2.24. The normalized spacial score (nSPS) is 12.0. The smallest absolute Gasteiger partial charge is 0.135 e. The van der Waals surface area contributed by atoms with E-state index in [2.05, 4.69) is 89.8 Å². The van der Waals surface area contributed by atoms with E-state index in [0.29, 0.717) is 0 Å². The van der Waals surface area contributed by atoms with Gasteiger partial charge in [0.05, 0.1) is 17.1 Å². The van der Waals surface area contributed by atoms with Gasteiger partial charge in [0, 0.05) is 6.42 Å². The lowest BCUT2D eigenvalue weighted by atomic mass is 9.96. The molecule has 0 aromatic heterocycles. The summed E-state index contributed by atoms with van der Waals surface area (Å²) in [7, 11) is 0. The lowest BCUT2D eigenvalue weighted by Gasteiger charge is -2.12. The summed E-state index contributed by atoms with van der Waals surface area (Å²) in [6.07, 6.45) is 22.8. The summed E-state index contributed by atoms with van der Waals surface area (Å²) in [5, 5.41) is 0. The number of benzene rings is 2. The lowest BCUT2D eigenvalue weighted by molar-refractivity contribution is 0.594. The first-order valence-electron chi connectivity index (χ1n) is 18.0. The van der Waals surface area contributed by atoms with Gasteiger partial charge in [0.15, 0.2) is 0 Å². The first-order valence-corrected chi connectivity index (χ1v) is 18.0. The van der Waals surface area contributed by atoms with Crippen molar-refractivity contribution in [3.8, 4) is 11.8 Å². The second kappa shape index (κ2) is 22.8. The largest absolute Gasteiger partial charge is 0.251 e. The Labute approximate surface area is 266 Å². The molecule has 2 heteroatoms. The standard InChI is InChI=1S/C41H62N2/c1-7-13-16-17-18-19-20-21-24-27-41(40(12-6)42-38-30-28-34(10-4)35(11-5)32-38)43-39-31-29-36(25-22-14-8-2)37(33-39)26-23-15-9-3/h28-33H,7-23,25-26H2,1-6H3. The van der Waals surface area contributed by atoms with Crippen molar-refractivity contribution in [2.75, 3.05) is 0 Å². The Morgan fingerprint density at radius 2 is 1.07 bits per heavy atom. The van der Waals surface area contributed by atoms with Crippen LogP contribution in [0.15, 0.2) is 46.4 Å². The minimum Gasteiger partial charge on any atom is -0.251 e. The molecule has 0 saturated carbocycles. The average molecular weight is 583 g/mol. The summed E-state index contributed by atoms with van der Waals surface area (Å²) >= 11 is 0. The van der Waals surface area contributed by atoms with Crippen molar-refractivity contribution in [2.45, 2.75) is 164 Å². The molecule has 0 aliphatic rings. The monoisotopic (exact) mass is 582 g/mol. The van der Waals surface area contributed by atoms with Crippen LogP contribution in [0.3, 0.4) is 0 Å². The molecule has 0 radical (unpaired) electrons. The van der Waals surface area contributed by atoms with Crippen molar-refractivity contribution in [3.63, 3.8) is 0 Å². The van der Waals surface area contributed by atoms with Gasteiger partial charge in [-0.15, -0.1) is 0 Å². The number of aryl methyl sites for hydroxylation is 4. The fourth-order valence-electron chi connectivity index (χ4n) is 5.71. The van der Waals surface area contributed by atoms with Crippen LogP contribution in [-0.4, -0.2) is 11.4 Å². The van der Waals surface area contributed by atoms with Gasteiger partial charge in [-0.2, -0.15) is 0 Å². The van der Waals surface area contributed by atoms with Crippen molar-refractivity contribution < 1.29 is 0 Å². The third kappa shape index (κ3) is 14.1. The third-order valence-corrected chi connectivity index (χ3v) is 8.47. The minimum absolute atomic E-state index is 0.806. The van der Waals surface area contributed by atoms with E-state index < -0.39 is 0 Å². The maximum atomic E-state index is 5.21. The second-order valence-corrected chi connectivity index (χ2v) is 12.1. The summed E-state index contributed by atoms with van der Waals surface area (Å²) in [5.74, 6) is 6.99. The Morgan fingerprint density at radius 3 is 1.70 bits per heavy atom. The number of unbranched alkanes of at least 4 members (excludes halogenated alkanes) is 11. The molecule has 0 bridgehead atoms. The molecule has 0 fully saturated rings. The summed E-state index contributed by atoms with van der Waals surface area (Å²) in [6, 6.07) is 13.5. The predicted molar refractivity (Wildman–Crippen MR) is 193 cm³/mol. The molecule has 2 nitrogen and oxygen atoms in total. The maximum Gasteiger partial charge on any atom is 0.135 e. The first kappa shape index (κ1) is 36.5. The van der Waals surface area contributed by atoms with Crippen LogP contribution < -0.4 is 0 Å². The average Bonchev–Trinajstić information content (AvgIpc) is 3.03. The predicted octanol–water partition coefficient (Wildman–Crippen LogP) is 12.7. The van der Waals surface area contributed by atoms with Crippen molar-refractivity contribution in [1.29, 1.82) is 0 Å². The van der Waals surface area contributed by atoms with Gasteiger partial charge in [-0.25, -0.2) is 4.99 Å². The zero-order valence-corrected chi connectivity index (χ0v) is 28.8. The number of rotatable bonds is 21. The zero-order valence-electron chi connectivity index (χ0n) is 28.8. The van der Waals surface area contributed by atoms with Crippen LogP contribution in [0.2, 0.25) is 0 Å². The Kier molecular flexibility index (Phi) is 19.4. The Bertz CT molecular complexity index is 1170. The van der Waals surface area contributed by atoms with Gasteiger partial charge < -0.3 is 0 Å². The number of nitrogens with zero attached hydrogens (tertiary/aromatic N) is 2. The van der Waals surface area contributed by atoms with Crippen LogP contribution in [0, 0.1) is 11.8 Å². The molecule has 0 heterocycles. The molecule has 0 saturated heterocycles. The van der Waals surface area contributed by atoms with Gasteiger partial charge in [0.25, 0.3) is 0 Å². The zero-order chi connectivity index (χ0) is 31.1. The van der Waals surface area contributed by atoms with E-state index in [1.807, 2.05) is 0 Å². The highest BCUT2D eigenvalue weighted by molar-refractivity contribution is 6.49. The molecule has 0 atom stereocenters. The van der Waals surface area contributed by atoms with Gasteiger partial charge in [-0.1, -0.05) is 124 Å². The van der Waals surface area contributed by atoms with Gasteiger partial charge >= 0.3 is 0 Å². The molecule has 0 amide bonds. The Hall–Kier alpha value is -2.66. The SMILES string of the molecule is CCCCCCCCCC#CC(=Nc1ccc(CCCCC)c(CCCCC)c1)C(CC)=Nc1ccc(CC)c(CC)c1. The fraction of sp³-hybridized carbons (Fsp3) is 0.610. The quantitative estimate of drug-likeness (QED) is 0.0794. The molecule has 0 N–H and O–H groups in total. The topological polar surface area (TPSA) is 24.7 Å². The minimum atomic E-state index is 0.806. The van der Waals surface area contributed by atoms with Crippen LogP contribution in [-0.2, 0) is 25.7 Å². The van der Waals surface area contributed by atoms with Crippen molar-refractivity contribution in [3.05, 3.63) is 58.7 Å². The third-order valence-electron chi connectivity index (χ3n) is 8.47. The molecule has 0 unspecified atom stereocenters. The molecule has 43 heavy (non-hydrogen) atoms. The van der Waals surface area contributed by atoms with Gasteiger partial charge in [0.1, 0.15) is 5.71 Å². The number of aliphatic imine (C=N–C) groups is 2. The summed E-state index contributed by atoms with van der Waals surface area (Å²) in [4.78, 5) is 10.4. The molecule has 2 rings (SSSR count). The Balaban J connectivity index is 2.40. The Morgan fingerprint density at radius 1 is 0.535 bits per heavy atom. The van der Waals surface area contributed by atoms with Gasteiger partial charge in [0.2, 0.25) is 0 Å². The second-order valence-electron chi connectivity index (χ2n) is 12.1. The van der Waals surface area contributed by atoms with Crippen molar-refractivity contribution in [1.82, 2.24) is 0 Å². The van der Waals surface area contributed by atoms with E-state index in [1.54, 1.807) is 0 Å². The molecular weight excluding hydrogens is 520 g/mol. The molecule has 0 aliphatic heterocycles. The van der Waals surface area contributed by atoms with E-state index in [-0.39, 0.29) is 0 Å². The van der Waals surface area contributed by atoms with E-state index in [0.717, 1.165) is 61.3 Å². The summed E-state index contributed by atoms with van der Waals surface area (Å²) in [5.41, 5.74) is 9.62. The lowest BCUT2D eigenvalue weighted by Crippen LogP contribution is -2.11. The molecule has 0 spiro atoms. The molecule has 2 aromatic rings. The van der Waals surface area contributed by atoms with Crippen LogP contribution in [0.1, 0.15) is 160 Å². The highest BCUT2D eigenvalue weighted by Gasteiger charge is 2.10. The van der Waals surface area contributed by atoms with Crippen LogP contribution in [0.4, 0.5) is 11.4 Å². The summed E-state index contributed by atoms with van der Waals surface area (Å²) < 4.78 is 0. The summed E-state index contributed by atoms with van der Waals surface area (Å²) in [6.45, 7) is 13.5. The first-order chi connectivity index (χ1) is 21.1. The van der Waals surface area contributed by atoms with E-state index >= 15 is 0 Å². The van der Waals surface area contributed by atoms with Crippen LogP contribution >= 0.6 is 0 Å². The van der Waals surface area contributed by atoms with E-state index in [9.17, 15) is 0 Å². The molecular formula is C41H62N2. The van der Waals surface area contributed by atoms with Crippen LogP contribution in [0.5, 0.6) is 0 Å². The number of hydrogen-bond acceptors (Lipinski definition) is 2. The van der Waals surface area contributed by atoms with Crippen molar-refractivity contribution in [2.24, 2.45) is 9.98 Å². The van der Waals surface area contributed by atoms with E-state index in [4.69, 9.17) is 9.98 Å². The molecule has 2 aromatic carbocycles. The highest BCUT2D eigenvalue weighted by atomic mass is 14.8. The van der Waals surface area contributed by atoms with E-state index in [1.165, 1.54) is 106 Å². The molecule has 236 valence electrons. The number of hydrogen-bond donors (Lipinski definition) is 0. The maximum absolute atomic E-state index is 5.21.